The van der Waals surface area contributed by atoms with Crippen molar-refractivity contribution in [2.24, 2.45) is 0 Å². The Morgan fingerprint density at radius 2 is 0.870 bits per heavy atom. The van der Waals surface area contributed by atoms with Gasteiger partial charge in [-0.05, 0) is 46.3 Å². The molecule has 0 unspecified atom stereocenters. The SMILES string of the molecule is CCCCCCCCCCCCCC(=N)OCCN(CCOC(=O)CCCCCCCCCCCCC)C(=O)CCCCN(C)C. The molecule has 0 aromatic carbocycles. The molecule has 0 aromatic rings. The normalized spacial score (nSPS) is 11.2. The standard InChI is InChI=1S/C39H77N3O4/c1-5-7-9-11-13-15-17-19-21-23-25-29-37(40)45-35-33-42(38(43)30-27-28-32-41(3)4)34-36-46-39(44)31-26-24-22-20-18-16-14-12-10-8-6-2/h40H,5-36H2,1-4H3. The molecule has 0 bridgehead atoms. The molecular formula is C39H77N3O4. The van der Waals surface area contributed by atoms with Crippen molar-refractivity contribution in [3.8, 4) is 0 Å². The molecule has 1 amide bonds. The molecule has 7 heteroatoms. The number of esters is 1. The van der Waals surface area contributed by atoms with Gasteiger partial charge < -0.3 is 19.3 Å². The van der Waals surface area contributed by atoms with Gasteiger partial charge in [-0.25, -0.2) is 0 Å². The molecule has 0 atom stereocenters. The van der Waals surface area contributed by atoms with Crippen LogP contribution in [0.5, 0.6) is 0 Å². The minimum atomic E-state index is -0.167. The molecule has 1 N–H and O–H groups in total. The summed E-state index contributed by atoms with van der Waals surface area (Å²) < 4.78 is 11.2. The van der Waals surface area contributed by atoms with Gasteiger partial charge in [0.05, 0.1) is 13.1 Å². The Labute approximate surface area is 285 Å². The Hall–Kier alpha value is -1.63. The molecule has 0 aliphatic rings. The van der Waals surface area contributed by atoms with Crippen molar-refractivity contribution in [1.29, 1.82) is 5.41 Å². The molecule has 0 spiro atoms. The number of carbonyl (C=O) groups excluding carboxylic acids is 2. The number of carbonyl (C=O) groups is 2. The molecule has 0 aromatic heterocycles. The van der Waals surface area contributed by atoms with Gasteiger partial charge in [-0.3, -0.25) is 15.0 Å². The van der Waals surface area contributed by atoms with Gasteiger partial charge in [-0.15, -0.1) is 0 Å². The molecule has 0 saturated carbocycles. The van der Waals surface area contributed by atoms with E-state index in [9.17, 15) is 9.59 Å². The molecule has 0 saturated heterocycles. The summed E-state index contributed by atoms with van der Waals surface area (Å²) in [5.74, 6) is 0.215. The minimum Gasteiger partial charge on any atom is -0.479 e. The van der Waals surface area contributed by atoms with E-state index in [1.165, 1.54) is 116 Å². The molecule has 0 rings (SSSR count). The number of amides is 1. The van der Waals surface area contributed by atoms with E-state index in [4.69, 9.17) is 14.9 Å². The van der Waals surface area contributed by atoms with Gasteiger partial charge in [0, 0.05) is 19.3 Å². The summed E-state index contributed by atoms with van der Waals surface area (Å²) in [6, 6.07) is 0. The summed E-state index contributed by atoms with van der Waals surface area (Å²) in [6.45, 7) is 6.81. The lowest BCUT2D eigenvalue weighted by Crippen LogP contribution is -2.37. The number of unbranched alkanes of at least 4 members (excludes halogenated alkanes) is 21. The zero-order chi connectivity index (χ0) is 33.9. The average Bonchev–Trinajstić information content (AvgIpc) is 3.03. The van der Waals surface area contributed by atoms with Crippen LogP contribution < -0.4 is 0 Å². The van der Waals surface area contributed by atoms with Crippen LogP contribution in [0.4, 0.5) is 0 Å². The summed E-state index contributed by atoms with van der Waals surface area (Å²) in [4.78, 5) is 29.2. The van der Waals surface area contributed by atoms with Crippen molar-refractivity contribution in [3.63, 3.8) is 0 Å². The fraction of sp³-hybridized carbons (Fsp3) is 0.923. The zero-order valence-corrected chi connectivity index (χ0v) is 31.2. The number of hydrogen-bond acceptors (Lipinski definition) is 6. The minimum absolute atomic E-state index is 0.0701. The Balaban J connectivity index is 4.15. The van der Waals surface area contributed by atoms with Crippen LogP contribution in [0.25, 0.3) is 0 Å². The van der Waals surface area contributed by atoms with E-state index < -0.39 is 0 Å². The van der Waals surface area contributed by atoms with Gasteiger partial charge in [0.15, 0.2) is 5.90 Å². The lowest BCUT2D eigenvalue weighted by Gasteiger charge is -2.23. The van der Waals surface area contributed by atoms with Crippen LogP contribution in [0.1, 0.15) is 187 Å². The first kappa shape index (κ1) is 44.4. The largest absolute Gasteiger partial charge is 0.479 e. The molecule has 0 fully saturated rings. The van der Waals surface area contributed by atoms with Crippen LogP contribution in [0.3, 0.4) is 0 Å². The maximum atomic E-state index is 13.0. The highest BCUT2D eigenvalue weighted by Gasteiger charge is 2.15. The van der Waals surface area contributed by atoms with Gasteiger partial charge >= 0.3 is 5.97 Å². The van der Waals surface area contributed by atoms with Gasteiger partial charge in [0.25, 0.3) is 0 Å². The lowest BCUT2D eigenvalue weighted by atomic mass is 10.1. The predicted molar refractivity (Wildman–Crippen MR) is 196 cm³/mol. The van der Waals surface area contributed by atoms with E-state index in [-0.39, 0.29) is 18.5 Å². The molecule has 7 nitrogen and oxygen atoms in total. The maximum absolute atomic E-state index is 13.0. The third kappa shape index (κ3) is 32.3. The molecule has 0 aliphatic carbocycles. The highest BCUT2D eigenvalue weighted by molar-refractivity contribution is 5.76. The summed E-state index contributed by atoms with van der Waals surface area (Å²) in [7, 11) is 4.09. The number of ether oxygens (including phenoxy) is 2. The smallest absolute Gasteiger partial charge is 0.305 e. The van der Waals surface area contributed by atoms with Crippen molar-refractivity contribution in [1.82, 2.24) is 9.80 Å². The first-order chi connectivity index (χ1) is 22.4. The van der Waals surface area contributed by atoms with Crippen LogP contribution >= 0.6 is 0 Å². The van der Waals surface area contributed by atoms with Gasteiger partial charge in [-0.1, -0.05) is 142 Å². The highest BCUT2D eigenvalue weighted by Crippen LogP contribution is 2.14. The van der Waals surface area contributed by atoms with E-state index in [0.717, 1.165) is 45.1 Å². The summed E-state index contributed by atoms with van der Waals surface area (Å²) in [6.07, 6.45) is 31.3. The Kier molecular flexibility index (Phi) is 33.5. The molecule has 46 heavy (non-hydrogen) atoms. The second kappa shape index (κ2) is 34.7. The van der Waals surface area contributed by atoms with Crippen molar-refractivity contribution in [3.05, 3.63) is 0 Å². The third-order valence-electron chi connectivity index (χ3n) is 8.85. The van der Waals surface area contributed by atoms with Gasteiger partial charge in [-0.2, -0.15) is 0 Å². The van der Waals surface area contributed by atoms with Crippen LogP contribution in [-0.2, 0) is 19.1 Å². The number of rotatable bonds is 35. The van der Waals surface area contributed by atoms with Crippen molar-refractivity contribution in [2.75, 3.05) is 46.9 Å². The van der Waals surface area contributed by atoms with Crippen molar-refractivity contribution >= 4 is 17.8 Å². The van der Waals surface area contributed by atoms with Crippen molar-refractivity contribution in [2.45, 2.75) is 187 Å². The summed E-state index contributed by atoms with van der Waals surface area (Å²) in [5, 5.41) is 8.20. The van der Waals surface area contributed by atoms with Crippen LogP contribution in [0, 0.1) is 5.41 Å². The van der Waals surface area contributed by atoms with E-state index in [1.54, 1.807) is 4.90 Å². The highest BCUT2D eigenvalue weighted by atomic mass is 16.5. The first-order valence-electron chi connectivity index (χ1n) is 19.7. The van der Waals surface area contributed by atoms with E-state index in [0.29, 0.717) is 44.9 Å². The second-order valence-corrected chi connectivity index (χ2v) is 13.7. The summed E-state index contributed by atoms with van der Waals surface area (Å²) in [5.41, 5.74) is 0. The van der Waals surface area contributed by atoms with Crippen LogP contribution in [-0.4, -0.2) is 74.5 Å². The quantitative estimate of drug-likeness (QED) is 0.0319. The predicted octanol–water partition coefficient (Wildman–Crippen LogP) is 10.5. The topological polar surface area (TPSA) is 82.9 Å². The molecule has 0 aliphatic heterocycles. The van der Waals surface area contributed by atoms with Gasteiger partial charge in [0.1, 0.15) is 13.2 Å². The third-order valence-corrected chi connectivity index (χ3v) is 8.85. The zero-order valence-electron chi connectivity index (χ0n) is 31.2. The number of nitrogens with zero attached hydrogens (tertiary/aromatic N) is 2. The van der Waals surface area contributed by atoms with Crippen LogP contribution in [0.2, 0.25) is 0 Å². The Morgan fingerprint density at radius 1 is 0.478 bits per heavy atom. The fourth-order valence-corrected chi connectivity index (χ4v) is 5.80. The maximum Gasteiger partial charge on any atom is 0.305 e. The molecule has 272 valence electrons. The molecular weight excluding hydrogens is 574 g/mol. The van der Waals surface area contributed by atoms with E-state index >= 15 is 0 Å². The fourth-order valence-electron chi connectivity index (χ4n) is 5.80. The monoisotopic (exact) mass is 652 g/mol. The lowest BCUT2D eigenvalue weighted by molar-refractivity contribution is -0.146. The molecule has 0 heterocycles. The molecule has 0 radical (unpaired) electrons. The van der Waals surface area contributed by atoms with E-state index in [2.05, 4.69) is 18.7 Å². The number of hydrogen-bond donors (Lipinski definition) is 1. The number of nitrogens with one attached hydrogen (secondary N) is 1. The Bertz CT molecular complexity index is 657. The summed E-state index contributed by atoms with van der Waals surface area (Å²) >= 11 is 0. The van der Waals surface area contributed by atoms with Crippen LogP contribution in [0.15, 0.2) is 0 Å². The first-order valence-corrected chi connectivity index (χ1v) is 19.7. The Morgan fingerprint density at radius 3 is 1.33 bits per heavy atom. The average molecular weight is 652 g/mol. The van der Waals surface area contributed by atoms with Crippen molar-refractivity contribution < 1.29 is 19.1 Å². The second-order valence-electron chi connectivity index (χ2n) is 13.7. The van der Waals surface area contributed by atoms with Gasteiger partial charge in [0.2, 0.25) is 5.91 Å². The van der Waals surface area contributed by atoms with E-state index in [1.807, 2.05) is 14.1 Å².